The van der Waals surface area contributed by atoms with Crippen molar-refractivity contribution in [2.75, 3.05) is 20.8 Å². The van der Waals surface area contributed by atoms with Gasteiger partial charge in [-0.3, -0.25) is 0 Å². The third kappa shape index (κ3) is 1.48. The molecular weight excluding hydrogens is 132 g/mol. The van der Waals surface area contributed by atoms with Crippen molar-refractivity contribution >= 4 is 0 Å². The van der Waals surface area contributed by atoms with Crippen molar-refractivity contribution in [2.24, 2.45) is 0 Å². The van der Waals surface area contributed by atoms with E-state index < -0.39 is 5.97 Å². The summed E-state index contributed by atoms with van der Waals surface area (Å²) in [6.07, 6.45) is 3.05. The fourth-order valence-electron chi connectivity index (χ4n) is 1.15. The summed E-state index contributed by atoms with van der Waals surface area (Å²) in [5, 5.41) is 0. The molecule has 1 saturated heterocycles. The summed E-state index contributed by atoms with van der Waals surface area (Å²) in [7, 11) is 3.21. The smallest absolute Gasteiger partial charge is 0.282 e. The van der Waals surface area contributed by atoms with Gasteiger partial charge in [-0.25, -0.2) is 0 Å². The van der Waals surface area contributed by atoms with E-state index in [1.54, 1.807) is 14.2 Å². The molecule has 1 aliphatic rings. The lowest BCUT2D eigenvalue weighted by atomic mass is 10.2. The van der Waals surface area contributed by atoms with Crippen LogP contribution in [0.5, 0.6) is 0 Å². The highest BCUT2D eigenvalue weighted by atomic mass is 16.9. The van der Waals surface area contributed by atoms with Gasteiger partial charge >= 0.3 is 0 Å². The Morgan fingerprint density at radius 2 is 1.90 bits per heavy atom. The zero-order valence-corrected chi connectivity index (χ0v) is 6.55. The van der Waals surface area contributed by atoms with Crippen molar-refractivity contribution in [3.8, 4) is 0 Å². The van der Waals surface area contributed by atoms with Gasteiger partial charge in [0, 0.05) is 20.6 Å². The van der Waals surface area contributed by atoms with Gasteiger partial charge in [-0.2, -0.15) is 0 Å². The average molecular weight is 146 g/mol. The molecule has 0 bridgehead atoms. The van der Waals surface area contributed by atoms with Crippen molar-refractivity contribution in [1.82, 2.24) is 0 Å². The van der Waals surface area contributed by atoms with Crippen LogP contribution in [0, 0.1) is 0 Å². The van der Waals surface area contributed by atoms with Crippen molar-refractivity contribution in [2.45, 2.75) is 25.2 Å². The topological polar surface area (TPSA) is 27.7 Å². The largest absolute Gasteiger partial charge is 0.331 e. The van der Waals surface area contributed by atoms with E-state index in [1.807, 2.05) is 0 Å². The number of ether oxygens (including phenoxy) is 3. The Morgan fingerprint density at radius 1 is 1.20 bits per heavy atom. The Kier molecular flexibility index (Phi) is 2.65. The Morgan fingerprint density at radius 3 is 2.20 bits per heavy atom. The SMILES string of the molecule is COC1(OC)CCCCO1. The summed E-state index contributed by atoms with van der Waals surface area (Å²) < 4.78 is 15.5. The van der Waals surface area contributed by atoms with Crippen LogP contribution in [0.3, 0.4) is 0 Å². The normalized spacial score (nSPS) is 24.6. The molecule has 0 N–H and O–H groups in total. The predicted octanol–water partition coefficient (Wildman–Crippen LogP) is 1.13. The highest BCUT2D eigenvalue weighted by Gasteiger charge is 2.32. The van der Waals surface area contributed by atoms with Crippen LogP contribution in [0.25, 0.3) is 0 Å². The van der Waals surface area contributed by atoms with E-state index in [9.17, 15) is 0 Å². The van der Waals surface area contributed by atoms with Crippen LogP contribution < -0.4 is 0 Å². The monoisotopic (exact) mass is 146 g/mol. The minimum atomic E-state index is -0.738. The van der Waals surface area contributed by atoms with Gasteiger partial charge in [-0.1, -0.05) is 0 Å². The van der Waals surface area contributed by atoms with E-state index >= 15 is 0 Å². The molecule has 0 unspecified atom stereocenters. The molecule has 3 nitrogen and oxygen atoms in total. The van der Waals surface area contributed by atoms with E-state index in [-0.39, 0.29) is 0 Å². The molecule has 3 heteroatoms. The molecule has 10 heavy (non-hydrogen) atoms. The zero-order valence-electron chi connectivity index (χ0n) is 6.55. The second-order valence-electron chi connectivity index (χ2n) is 2.40. The molecule has 0 aliphatic carbocycles. The van der Waals surface area contributed by atoms with E-state index in [4.69, 9.17) is 14.2 Å². The lowest BCUT2D eigenvalue weighted by Crippen LogP contribution is -2.39. The maximum absolute atomic E-state index is 5.32. The third-order valence-corrected chi connectivity index (χ3v) is 1.82. The first-order valence-electron chi connectivity index (χ1n) is 3.57. The minimum Gasteiger partial charge on any atom is -0.331 e. The van der Waals surface area contributed by atoms with Gasteiger partial charge in [-0.15, -0.1) is 0 Å². The first-order valence-corrected chi connectivity index (χ1v) is 3.57. The Bertz CT molecular complexity index is 91.0. The van der Waals surface area contributed by atoms with Crippen LogP contribution in [-0.2, 0) is 14.2 Å². The molecule has 1 rings (SSSR count). The van der Waals surface area contributed by atoms with Gasteiger partial charge in [0.2, 0.25) is 0 Å². The predicted molar refractivity (Wildman–Crippen MR) is 36.6 cm³/mol. The Hall–Kier alpha value is -0.120. The van der Waals surface area contributed by atoms with Crippen molar-refractivity contribution < 1.29 is 14.2 Å². The standard InChI is InChI=1S/C7H14O3/c1-8-7(9-2)5-3-4-6-10-7/h3-6H2,1-2H3. The number of methoxy groups -OCH3 is 2. The molecule has 0 amide bonds. The number of hydrogen-bond donors (Lipinski definition) is 0. The molecule has 1 heterocycles. The maximum Gasteiger partial charge on any atom is 0.282 e. The summed E-state index contributed by atoms with van der Waals surface area (Å²) in [4.78, 5) is 0. The molecule has 0 aromatic carbocycles. The molecule has 0 atom stereocenters. The van der Waals surface area contributed by atoms with Gasteiger partial charge in [0.05, 0.1) is 6.61 Å². The molecule has 0 aromatic heterocycles. The van der Waals surface area contributed by atoms with E-state index in [0.717, 1.165) is 25.9 Å². The molecule has 0 spiro atoms. The minimum absolute atomic E-state index is 0.738. The van der Waals surface area contributed by atoms with E-state index in [0.29, 0.717) is 0 Å². The van der Waals surface area contributed by atoms with E-state index in [2.05, 4.69) is 0 Å². The first kappa shape index (κ1) is 7.98. The van der Waals surface area contributed by atoms with Crippen molar-refractivity contribution in [3.05, 3.63) is 0 Å². The zero-order chi connectivity index (χ0) is 7.45. The second kappa shape index (κ2) is 3.32. The Balaban J connectivity index is 2.44. The number of rotatable bonds is 2. The Labute approximate surface area is 61.3 Å². The van der Waals surface area contributed by atoms with Crippen LogP contribution in [-0.4, -0.2) is 26.8 Å². The van der Waals surface area contributed by atoms with Gasteiger partial charge in [0.1, 0.15) is 0 Å². The lowest BCUT2D eigenvalue weighted by molar-refractivity contribution is -0.375. The molecule has 1 aliphatic heterocycles. The maximum atomic E-state index is 5.32. The van der Waals surface area contributed by atoms with Gasteiger partial charge in [0.15, 0.2) is 0 Å². The van der Waals surface area contributed by atoms with Crippen LogP contribution in [0.1, 0.15) is 19.3 Å². The third-order valence-electron chi connectivity index (χ3n) is 1.82. The molecule has 0 saturated carbocycles. The van der Waals surface area contributed by atoms with Crippen molar-refractivity contribution in [3.63, 3.8) is 0 Å². The fraction of sp³-hybridized carbons (Fsp3) is 1.00. The molecule has 0 aromatic rings. The highest BCUT2D eigenvalue weighted by molar-refractivity contribution is 4.61. The molecule has 0 radical (unpaired) electrons. The number of hydrogen-bond acceptors (Lipinski definition) is 3. The summed E-state index contributed by atoms with van der Waals surface area (Å²) >= 11 is 0. The molecule has 1 fully saturated rings. The highest BCUT2D eigenvalue weighted by Crippen LogP contribution is 2.25. The van der Waals surface area contributed by atoms with Gasteiger partial charge in [0.25, 0.3) is 5.97 Å². The van der Waals surface area contributed by atoms with Crippen LogP contribution in [0.15, 0.2) is 0 Å². The summed E-state index contributed by atoms with van der Waals surface area (Å²) in [6.45, 7) is 0.738. The second-order valence-corrected chi connectivity index (χ2v) is 2.40. The summed E-state index contributed by atoms with van der Waals surface area (Å²) in [5.74, 6) is -0.738. The van der Waals surface area contributed by atoms with Crippen LogP contribution in [0.4, 0.5) is 0 Å². The van der Waals surface area contributed by atoms with Crippen LogP contribution >= 0.6 is 0 Å². The molecular formula is C7H14O3. The first-order chi connectivity index (χ1) is 4.83. The quantitative estimate of drug-likeness (QED) is 0.547. The van der Waals surface area contributed by atoms with Gasteiger partial charge in [-0.05, 0) is 12.8 Å². The van der Waals surface area contributed by atoms with Crippen LogP contribution in [0.2, 0.25) is 0 Å². The summed E-state index contributed by atoms with van der Waals surface area (Å²) in [6, 6.07) is 0. The lowest BCUT2D eigenvalue weighted by Gasteiger charge is -2.33. The van der Waals surface area contributed by atoms with E-state index in [1.165, 1.54) is 0 Å². The summed E-state index contributed by atoms with van der Waals surface area (Å²) in [5.41, 5.74) is 0. The fourth-order valence-corrected chi connectivity index (χ4v) is 1.15. The van der Waals surface area contributed by atoms with Gasteiger partial charge < -0.3 is 14.2 Å². The average Bonchev–Trinajstić information content (AvgIpc) is 2.06. The molecule has 60 valence electrons. The van der Waals surface area contributed by atoms with Crippen molar-refractivity contribution in [1.29, 1.82) is 0 Å².